The summed E-state index contributed by atoms with van der Waals surface area (Å²) in [6.45, 7) is 3.59. The highest BCUT2D eigenvalue weighted by Gasteiger charge is 2.28. The number of carbonyl (C=O) groups excluding carboxylic acids is 2. The summed E-state index contributed by atoms with van der Waals surface area (Å²) in [6.07, 6.45) is 2.44. The van der Waals surface area contributed by atoms with Crippen molar-refractivity contribution in [3.8, 4) is 0 Å². The maximum absolute atomic E-state index is 13.4. The van der Waals surface area contributed by atoms with Crippen LogP contribution in [0.1, 0.15) is 42.9 Å². The molecule has 1 N–H and O–H groups in total. The Kier molecular flexibility index (Phi) is 9.31. The summed E-state index contributed by atoms with van der Waals surface area (Å²) in [6, 6.07) is 25.4. The molecule has 0 saturated carbocycles. The molecule has 1 aliphatic rings. The van der Waals surface area contributed by atoms with E-state index >= 15 is 0 Å². The lowest BCUT2D eigenvalue weighted by Gasteiger charge is -2.29. The quantitative estimate of drug-likeness (QED) is 0.401. The van der Waals surface area contributed by atoms with Crippen molar-refractivity contribution < 1.29 is 18.0 Å². The zero-order valence-corrected chi connectivity index (χ0v) is 22.6. The van der Waals surface area contributed by atoms with Gasteiger partial charge in [0.2, 0.25) is 21.8 Å². The summed E-state index contributed by atoms with van der Waals surface area (Å²) >= 11 is 0. The van der Waals surface area contributed by atoms with Crippen LogP contribution in [-0.2, 0) is 39.1 Å². The van der Waals surface area contributed by atoms with E-state index < -0.39 is 16.1 Å². The van der Waals surface area contributed by atoms with Crippen molar-refractivity contribution in [1.29, 1.82) is 0 Å². The third-order valence-corrected chi connectivity index (χ3v) is 8.84. The van der Waals surface area contributed by atoms with Crippen molar-refractivity contribution in [2.75, 3.05) is 13.1 Å². The van der Waals surface area contributed by atoms with Gasteiger partial charge in [-0.1, -0.05) is 72.8 Å². The van der Waals surface area contributed by atoms with Gasteiger partial charge in [-0.05, 0) is 55.0 Å². The second-order valence-electron chi connectivity index (χ2n) is 9.64. The fourth-order valence-electron chi connectivity index (χ4n) is 4.60. The van der Waals surface area contributed by atoms with Gasteiger partial charge in [0.1, 0.15) is 6.04 Å². The van der Waals surface area contributed by atoms with Crippen LogP contribution >= 0.6 is 0 Å². The second kappa shape index (κ2) is 12.8. The Hall–Kier alpha value is -3.49. The van der Waals surface area contributed by atoms with Crippen LogP contribution in [0.15, 0.2) is 89.8 Å². The minimum atomic E-state index is -3.47. The number of sulfonamides is 1. The zero-order valence-electron chi connectivity index (χ0n) is 21.8. The van der Waals surface area contributed by atoms with E-state index in [1.54, 1.807) is 36.1 Å². The molecule has 0 aromatic heterocycles. The normalized spacial score (nSPS) is 14.7. The van der Waals surface area contributed by atoms with Gasteiger partial charge in [-0.3, -0.25) is 9.59 Å². The van der Waals surface area contributed by atoms with Gasteiger partial charge < -0.3 is 10.2 Å². The molecule has 3 aromatic carbocycles. The maximum Gasteiger partial charge on any atom is 0.243 e. The van der Waals surface area contributed by atoms with Crippen molar-refractivity contribution in [1.82, 2.24) is 14.5 Å². The first kappa shape index (κ1) is 27.5. The van der Waals surface area contributed by atoms with E-state index in [4.69, 9.17) is 0 Å². The Morgan fingerprint density at radius 1 is 0.842 bits per heavy atom. The molecular formula is C30H35N3O4S. The maximum atomic E-state index is 13.4. The molecule has 1 atom stereocenters. The molecule has 4 rings (SSSR count). The number of benzene rings is 3. The van der Waals surface area contributed by atoms with Crippen molar-refractivity contribution in [3.05, 3.63) is 102 Å². The lowest BCUT2D eigenvalue weighted by molar-refractivity contribution is -0.140. The summed E-state index contributed by atoms with van der Waals surface area (Å²) in [5.74, 6) is -0.348. The monoisotopic (exact) mass is 533 g/mol. The van der Waals surface area contributed by atoms with Gasteiger partial charge in [0.15, 0.2) is 0 Å². The van der Waals surface area contributed by atoms with E-state index in [-0.39, 0.29) is 23.1 Å². The van der Waals surface area contributed by atoms with Gasteiger partial charge in [-0.15, -0.1) is 0 Å². The molecule has 0 unspecified atom stereocenters. The molecule has 3 aromatic rings. The molecule has 1 saturated heterocycles. The average molecular weight is 534 g/mol. The average Bonchev–Trinajstić information content (AvgIpc) is 3.51. The number of aryl methyl sites for hydroxylation is 1. The van der Waals surface area contributed by atoms with Crippen LogP contribution in [0.2, 0.25) is 0 Å². The molecule has 200 valence electrons. The summed E-state index contributed by atoms with van der Waals surface area (Å²) in [7, 11) is -3.47. The fourth-order valence-corrected chi connectivity index (χ4v) is 6.11. The largest absolute Gasteiger partial charge is 0.350 e. The molecular weight excluding hydrogens is 498 g/mol. The van der Waals surface area contributed by atoms with Crippen LogP contribution in [0, 0.1) is 0 Å². The Labute approximate surface area is 225 Å². The highest BCUT2D eigenvalue weighted by molar-refractivity contribution is 7.89. The lowest BCUT2D eigenvalue weighted by atomic mass is 10.1. The summed E-state index contributed by atoms with van der Waals surface area (Å²) < 4.78 is 27.1. The molecule has 38 heavy (non-hydrogen) atoms. The van der Waals surface area contributed by atoms with Gasteiger partial charge in [-0.25, -0.2) is 8.42 Å². The number of hydrogen-bond donors (Lipinski definition) is 1. The molecule has 1 heterocycles. The van der Waals surface area contributed by atoms with Gasteiger partial charge >= 0.3 is 0 Å². The predicted molar refractivity (Wildman–Crippen MR) is 147 cm³/mol. The number of hydrogen-bond acceptors (Lipinski definition) is 4. The standard InChI is InChI=1S/C30H35N3O4S/c1-24(30(35)31-22-26-10-4-2-5-11-26)33(23-27-12-6-3-7-13-27)29(34)19-16-25-14-17-28(18-15-25)38(36,37)32-20-8-9-21-32/h2-7,10-15,17-18,24H,8-9,16,19-23H2,1H3,(H,31,35)/t24-/m0/s1. The molecule has 7 nitrogen and oxygen atoms in total. The smallest absolute Gasteiger partial charge is 0.243 e. The van der Waals surface area contributed by atoms with E-state index in [0.717, 1.165) is 29.5 Å². The molecule has 0 aliphatic carbocycles. The van der Waals surface area contributed by atoms with E-state index in [1.165, 1.54) is 4.31 Å². The first-order chi connectivity index (χ1) is 18.3. The van der Waals surface area contributed by atoms with Crippen LogP contribution in [0.5, 0.6) is 0 Å². The third kappa shape index (κ3) is 7.08. The van der Waals surface area contributed by atoms with Gasteiger partial charge in [0, 0.05) is 32.6 Å². The number of amides is 2. The first-order valence-corrected chi connectivity index (χ1v) is 14.5. The zero-order chi connectivity index (χ0) is 27.0. The Morgan fingerprint density at radius 2 is 1.42 bits per heavy atom. The van der Waals surface area contributed by atoms with E-state index in [9.17, 15) is 18.0 Å². The third-order valence-electron chi connectivity index (χ3n) is 6.93. The molecule has 0 spiro atoms. The Balaban J connectivity index is 1.40. The van der Waals surface area contributed by atoms with E-state index in [0.29, 0.717) is 32.6 Å². The number of nitrogens with zero attached hydrogens (tertiary/aromatic N) is 2. The summed E-state index contributed by atoms with van der Waals surface area (Å²) in [5, 5.41) is 2.94. The van der Waals surface area contributed by atoms with E-state index in [1.807, 2.05) is 60.7 Å². The summed E-state index contributed by atoms with van der Waals surface area (Å²) in [4.78, 5) is 28.3. The van der Waals surface area contributed by atoms with Crippen LogP contribution in [-0.4, -0.2) is 48.6 Å². The second-order valence-corrected chi connectivity index (χ2v) is 11.6. The first-order valence-electron chi connectivity index (χ1n) is 13.1. The molecule has 8 heteroatoms. The van der Waals surface area contributed by atoms with Crippen molar-refractivity contribution in [3.63, 3.8) is 0 Å². The van der Waals surface area contributed by atoms with Crippen LogP contribution < -0.4 is 5.32 Å². The van der Waals surface area contributed by atoms with E-state index in [2.05, 4.69) is 5.32 Å². The molecule has 2 amide bonds. The number of nitrogens with one attached hydrogen (secondary N) is 1. The minimum Gasteiger partial charge on any atom is -0.350 e. The highest BCUT2D eigenvalue weighted by Crippen LogP contribution is 2.22. The minimum absolute atomic E-state index is 0.134. The lowest BCUT2D eigenvalue weighted by Crippen LogP contribution is -2.47. The summed E-state index contributed by atoms with van der Waals surface area (Å²) in [5.41, 5.74) is 2.81. The van der Waals surface area contributed by atoms with Crippen molar-refractivity contribution in [2.24, 2.45) is 0 Å². The van der Waals surface area contributed by atoms with Gasteiger partial charge in [-0.2, -0.15) is 4.31 Å². The molecule has 1 fully saturated rings. The predicted octanol–water partition coefficient (Wildman–Crippen LogP) is 4.14. The number of rotatable bonds is 11. The molecule has 0 radical (unpaired) electrons. The van der Waals surface area contributed by atoms with Gasteiger partial charge in [0.05, 0.1) is 4.90 Å². The fraction of sp³-hybridized carbons (Fsp3) is 0.333. The van der Waals surface area contributed by atoms with Crippen LogP contribution in [0.3, 0.4) is 0 Å². The van der Waals surface area contributed by atoms with Crippen LogP contribution in [0.25, 0.3) is 0 Å². The Bertz CT molecular complexity index is 1310. The topological polar surface area (TPSA) is 86.8 Å². The number of carbonyl (C=O) groups is 2. The molecule has 0 bridgehead atoms. The van der Waals surface area contributed by atoms with Crippen LogP contribution in [0.4, 0.5) is 0 Å². The SMILES string of the molecule is C[C@@H](C(=O)NCc1ccccc1)N(Cc1ccccc1)C(=O)CCc1ccc(S(=O)(=O)N2CCCC2)cc1. The Morgan fingerprint density at radius 3 is 2.03 bits per heavy atom. The van der Waals surface area contributed by atoms with Gasteiger partial charge in [0.25, 0.3) is 0 Å². The van der Waals surface area contributed by atoms with Crippen molar-refractivity contribution in [2.45, 2.75) is 56.6 Å². The van der Waals surface area contributed by atoms with Crippen molar-refractivity contribution >= 4 is 21.8 Å². The molecule has 1 aliphatic heterocycles. The highest BCUT2D eigenvalue weighted by atomic mass is 32.2.